The fourth-order valence-corrected chi connectivity index (χ4v) is 4.97. The van der Waals surface area contributed by atoms with Crippen LogP contribution in [0.15, 0.2) is 30.7 Å². The lowest BCUT2D eigenvalue weighted by Crippen LogP contribution is -2.56. The minimum absolute atomic E-state index is 0.0282. The number of nitrogens with zero attached hydrogens (tertiary/aromatic N) is 3. The molecule has 1 N–H and O–H groups in total. The van der Waals surface area contributed by atoms with Crippen LogP contribution < -0.4 is 14.4 Å². The number of nitrogens with one attached hydrogen (secondary N) is 1. The number of carbonyl (C=O) groups is 1. The van der Waals surface area contributed by atoms with E-state index in [4.69, 9.17) is 9.47 Å². The van der Waals surface area contributed by atoms with Crippen molar-refractivity contribution in [3.8, 4) is 11.5 Å². The number of alkyl halides is 2. The van der Waals surface area contributed by atoms with Crippen LogP contribution >= 0.6 is 0 Å². The third-order valence-corrected chi connectivity index (χ3v) is 6.54. The number of anilines is 1. The molecule has 1 amide bonds. The number of rotatable bonds is 9. The lowest BCUT2D eigenvalue weighted by molar-refractivity contribution is -0.133. The van der Waals surface area contributed by atoms with E-state index < -0.39 is 6.61 Å². The number of H-pyrrole nitrogens is 1. The number of hydrogen-bond donors (Lipinski definition) is 1. The van der Waals surface area contributed by atoms with Gasteiger partial charge in [-0.2, -0.15) is 8.78 Å². The van der Waals surface area contributed by atoms with Crippen molar-refractivity contribution in [2.45, 2.75) is 71.1 Å². The standard InChI is InChI=1S/C25H34F2N4O3/c1-17(2)11-20-15-30(9-10-31(20)24(32)12-18-14-28-16-29-18)19-7-8-22(34-25(26)27)23(13-19)33-21-5-3-4-6-21/h7-8,13-14,16-17,20-21,25H,3-6,9-12,15H2,1-2H3,(H,28,29). The number of halogens is 2. The molecule has 0 bridgehead atoms. The molecule has 2 aliphatic rings. The Bertz CT molecular complexity index is 932. The largest absolute Gasteiger partial charge is 0.486 e. The molecule has 7 nitrogen and oxygen atoms in total. The van der Waals surface area contributed by atoms with Crippen molar-refractivity contribution in [1.29, 1.82) is 0 Å². The summed E-state index contributed by atoms with van der Waals surface area (Å²) in [4.78, 5) is 24.3. The third kappa shape index (κ3) is 6.18. The first-order valence-corrected chi connectivity index (χ1v) is 12.2. The second kappa shape index (κ2) is 11.1. The number of benzene rings is 1. The Morgan fingerprint density at radius 3 is 2.68 bits per heavy atom. The number of piperazine rings is 1. The average Bonchev–Trinajstić information content (AvgIpc) is 3.48. The zero-order valence-corrected chi connectivity index (χ0v) is 19.9. The summed E-state index contributed by atoms with van der Waals surface area (Å²) in [5, 5.41) is 0. The van der Waals surface area contributed by atoms with Gasteiger partial charge in [0, 0.05) is 43.6 Å². The topological polar surface area (TPSA) is 70.7 Å². The quantitative estimate of drug-likeness (QED) is 0.571. The monoisotopic (exact) mass is 476 g/mol. The molecule has 1 aliphatic heterocycles. The molecule has 0 radical (unpaired) electrons. The molecule has 34 heavy (non-hydrogen) atoms. The molecule has 0 spiro atoms. The Balaban J connectivity index is 1.51. The fourth-order valence-electron chi connectivity index (χ4n) is 4.97. The molecule has 1 aromatic carbocycles. The predicted octanol–water partition coefficient (Wildman–Crippen LogP) is 4.64. The maximum Gasteiger partial charge on any atom is 0.387 e. The van der Waals surface area contributed by atoms with E-state index in [-0.39, 0.29) is 30.2 Å². The van der Waals surface area contributed by atoms with Gasteiger partial charge in [0.05, 0.1) is 24.5 Å². The Hall–Kier alpha value is -2.84. The summed E-state index contributed by atoms with van der Waals surface area (Å²) in [5.74, 6) is 0.927. The van der Waals surface area contributed by atoms with Gasteiger partial charge in [-0.3, -0.25) is 4.79 Å². The summed E-state index contributed by atoms with van der Waals surface area (Å²) in [7, 11) is 0. The van der Waals surface area contributed by atoms with Crippen molar-refractivity contribution in [2.75, 3.05) is 24.5 Å². The van der Waals surface area contributed by atoms with Crippen LogP contribution in [0.2, 0.25) is 0 Å². The molecule has 1 saturated heterocycles. The number of amides is 1. The SMILES string of the molecule is CC(C)CC1CN(c2ccc(OC(F)F)c(OC3CCCC3)c2)CCN1C(=O)Cc1c[nH]cn1. The molecule has 1 aromatic heterocycles. The lowest BCUT2D eigenvalue weighted by atomic mass is 9.99. The predicted molar refractivity (Wildman–Crippen MR) is 125 cm³/mol. The van der Waals surface area contributed by atoms with Gasteiger partial charge < -0.3 is 24.3 Å². The molecular formula is C25H34F2N4O3. The lowest BCUT2D eigenvalue weighted by Gasteiger charge is -2.43. The number of aromatic amines is 1. The summed E-state index contributed by atoms with van der Waals surface area (Å²) in [5.41, 5.74) is 1.63. The highest BCUT2D eigenvalue weighted by molar-refractivity contribution is 5.79. The van der Waals surface area contributed by atoms with E-state index in [1.165, 1.54) is 0 Å². The van der Waals surface area contributed by atoms with Crippen molar-refractivity contribution in [1.82, 2.24) is 14.9 Å². The highest BCUT2D eigenvalue weighted by Crippen LogP contribution is 2.37. The van der Waals surface area contributed by atoms with Gasteiger partial charge in [0.2, 0.25) is 5.91 Å². The molecule has 1 aliphatic carbocycles. The van der Waals surface area contributed by atoms with E-state index in [2.05, 4.69) is 28.7 Å². The van der Waals surface area contributed by atoms with E-state index in [1.807, 2.05) is 11.0 Å². The molecule has 2 fully saturated rings. The van der Waals surface area contributed by atoms with E-state index in [1.54, 1.807) is 24.7 Å². The van der Waals surface area contributed by atoms with Crippen LogP contribution in [-0.4, -0.2) is 59.2 Å². The number of carbonyl (C=O) groups excluding carboxylic acids is 1. The average molecular weight is 477 g/mol. The molecule has 9 heteroatoms. The molecule has 2 heterocycles. The van der Waals surface area contributed by atoms with Crippen LogP contribution in [-0.2, 0) is 11.2 Å². The zero-order valence-electron chi connectivity index (χ0n) is 19.9. The normalized spacial score (nSPS) is 19.3. The number of hydrogen-bond acceptors (Lipinski definition) is 5. The van der Waals surface area contributed by atoms with Crippen LogP contribution in [0, 0.1) is 5.92 Å². The Morgan fingerprint density at radius 1 is 1.21 bits per heavy atom. The number of ether oxygens (including phenoxy) is 2. The van der Waals surface area contributed by atoms with Crippen LogP contribution in [0.5, 0.6) is 11.5 Å². The molecule has 4 rings (SSSR count). The first-order valence-electron chi connectivity index (χ1n) is 12.2. The third-order valence-electron chi connectivity index (χ3n) is 6.54. The summed E-state index contributed by atoms with van der Waals surface area (Å²) in [6.07, 6.45) is 8.52. The Labute approximate surface area is 199 Å². The van der Waals surface area contributed by atoms with Crippen molar-refractivity contribution in [2.24, 2.45) is 5.92 Å². The maximum absolute atomic E-state index is 13.0. The van der Waals surface area contributed by atoms with Crippen LogP contribution in [0.1, 0.15) is 51.6 Å². The first-order chi connectivity index (χ1) is 16.4. The minimum atomic E-state index is -2.91. The molecule has 1 atom stereocenters. The molecule has 1 saturated carbocycles. The molecular weight excluding hydrogens is 442 g/mol. The summed E-state index contributed by atoms with van der Waals surface area (Å²) < 4.78 is 36.7. The summed E-state index contributed by atoms with van der Waals surface area (Å²) in [6.45, 7) is 3.31. The van der Waals surface area contributed by atoms with Crippen LogP contribution in [0.25, 0.3) is 0 Å². The Morgan fingerprint density at radius 2 is 2.00 bits per heavy atom. The van der Waals surface area contributed by atoms with Crippen LogP contribution in [0.3, 0.4) is 0 Å². The Kier molecular flexibility index (Phi) is 7.90. The van der Waals surface area contributed by atoms with Gasteiger partial charge in [-0.05, 0) is 50.2 Å². The van der Waals surface area contributed by atoms with Gasteiger partial charge in [0.25, 0.3) is 0 Å². The van der Waals surface area contributed by atoms with Gasteiger partial charge in [0.1, 0.15) is 0 Å². The van der Waals surface area contributed by atoms with Crippen molar-refractivity contribution < 1.29 is 23.0 Å². The van der Waals surface area contributed by atoms with Gasteiger partial charge >= 0.3 is 6.61 Å². The number of aromatic nitrogens is 2. The highest BCUT2D eigenvalue weighted by atomic mass is 19.3. The minimum Gasteiger partial charge on any atom is -0.486 e. The van der Waals surface area contributed by atoms with Crippen molar-refractivity contribution >= 4 is 11.6 Å². The van der Waals surface area contributed by atoms with E-state index >= 15 is 0 Å². The molecule has 2 aromatic rings. The smallest absolute Gasteiger partial charge is 0.387 e. The fraction of sp³-hybridized carbons (Fsp3) is 0.600. The van der Waals surface area contributed by atoms with Gasteiger partial charge in [-0.25, -0.2) is 4.98 Å². The summed E-state index contributed by atoms with van der Waals surface area (Å²) in [6, 6.07) is 5.23. The van der Waals surface area contributed by atoms with Gasteiger partial charge in [-0.1, -0.05) is 13.8 Å². The van der Waals surface area contributed by atoms with E-state index in [9.17, 15) is 13.6 Å². The van der Waals surface area contributed by atoms with Gasteiger partial charge in [0.15, 0.2) is 11.5 Å². The second-order valence-electron chi connectivity index (χ2n) is 9.59. The molecule has 1 unspecified atom stereocenters. The molecule has 186 valence electrons. The first kappa shape index (κ1) is 24.3. The van der Waals surface area contributed by atoms with E-state index in [0.29, 0.717) is 31.3 Å². The van der Waals surface area contributed by atoms with Gasteiger partial charge in [-0.15, -0.1) is 0 Å². The highest BCUT2D eigenvalue weighted by Gasteiger charge is 2.32. The zero-order chi connectivity index (χ0) is 24.1. The van der Waals surface area contributed by atoms with E-state index in [0.717, 1.165) is 43.5 Å². The summed E-state index contributed by atoms with van der Waals surface area (Å²) >= 11 is 0. The van der Waals surface area contributed by atoms with Crippen LogP contribution in [0.4, 0.5) is 14.5 Å². The van der Waals surface area contributed by atoms with Crippen molar-refractivity contribution in [3.63, 3.8) is 0 Å². The maximum atomic E-state index is 13.0. The number of imidazole rings is 1. The van der Waals surface area contributed by atoms with Crippen molar-refractivity contribution in [3.05, 3.63) is 36.4 Å². The second-order valence-corrected chi connectivity index (χ2v) is 9.59.